The Morgan fingerprint density at radius 1 is 0.509 bits per heavy atom. The lowest BCUT2D eigenvalue weighted by molar-refractivity contribution is -0.0193. The van der Waals surface area contributed by atoms with Gasteiger partial charge in [0.15, 0.2) is 0 Å². The molecule has 1 nitrogen and oxygen atoms in total. The van der Waals surface area contributed by atoms with Gasteiger partial charge in [-0.25, -0.2) is 0 Å². The zero-order valence-electron chi connectivity index (χ0n) is 29.6. The highest BCUT2D eigenvalue weighted by molar-refractivity contribution is 7.25. The predicted molar refractivity (Wildman–Crippen MR) is 223 cm³/mol. The summed E-state index contributed by atoms with van der Waals surface area (Å²) in [7, 11) is 0. The monoisotopic (exact) mass is 697 g/mol. The Balaban J connectivity index is 0.967. The van der Waals surface area contributed by atoms with E-state index in [1.54, 1.807) is 11.1 Å². The molecule has 2 spiro atoms. The summed E-state index contributed by atoms with van der Waals surface area (Å²) in [5.41, 5.74) is 13.2. The molecule has 254 valence electrons. The van der Waals surface area contributed by atoms with Crippen molar-refractivity contribution in [1.82, 2.24) is 0 Å². The summed E-state index contributed by atoms with van der Waals surface area (Å²) < 4.78 is 2.70. The van der Waals surface area contributed by atoms with Gasteiger partial charge in [0, 0.05) is 42.3 Å². The minimum atomic E-state index is 0.192. The van der Waals surface area contributed by atoms with Crippen LogP contribution < -0.4 is 4.90 Å². The molecule has 6 atom stereocenters. The van der Waals surface area contributed by atoms with Gasteiger partial charge >= 0.3 is 0 Å². The van der Waals surface area contributed by atoms with Gasteiger partial charge in [-0.15, -0.1) is 11.3 Å². The third-order valence-corrected chi connectivity index (χ3v) is 16.1. The van der Waals surface area contributed by atoms with E-state index in [9.17, 15) is 0 Å². The first-order chi connectivity index (χ1) is 26.2. The van der Waals surface area contributed by atoms with Gasteiger partial charge in [0.25, 0.3) is 0 Å². The molecule has 6 unspecified atom stereocenters. The van der Waals surface area contributed by atoms with E-state index in [4.69, 9.17) is 0 Å². The number of benzene rings is 7. The molecule has 0 radical (unpaired) electrons. The summed E-state index contributed by atoms with van der Waals surface area (Å²) >= 11 is 1.89. The summed E-state index contributed by atoms with van der Waals surface area (Å²) in [4.78, 5) is 2.52. The maximum atomic E-state index is 2.58. The second-order valence-corrected chi connectivity index (χ2v) is 18.1. The van der Waals surface area contributed by atoms with E-state index < -0.39 is 0 Å². The Hall–Kier alpha value is -5.18. The van der Waals surface area contributed by atoms with Crippen LogP contribution in [0.5, 0.6) is 0 Å². The Morgan fingerprint density at radius 2 is 1.25 bits per heavy atom. The van der Waals surface area contributed by atoms with Gasteiger partial charge in [-0.3, -0.25) is 0 Å². The highest BCUT2D eigenvalue weighted by Gasteiger charge is 2.76. The van der Waals surface area contributed by atoms with E-state index in [2.05, 4.69) is 157 Å². The van der Waals surface area contributed by atoms with E-state index in [-0.39, 0.29) is 5.41 Å². The average molecular weight is 698 g/mol. The molecule has 53 heavy (non-hydrogen) atoms. The van der Waals surface area contributed by atoms with Gasteiger partial charge in [-0.1, -0.05) is 109 Å². The molecule has 0 amide bonds. The zero-order valence-corrected chi connectivity index (χ0v) is 30.5. The minimum Gasteiger partial charge on any atom is -0.310 e. The number of fused-ring (bicyclic) bond motifs is 13. The molecule has 4 fully saturated rings. The van der Waals surface area contributed by atoms with E-state index in [0.717, 1.165) is 23.7 Å². The van der Waals surface area contributed by atoms with Crippen molar-refractivity contribution < 1.29 is 0 Å². The quantitative estimate of drug-likeness (QED) is 0.177. The lowest BCUT2D eigenvalue weighted by Gasteiger charge is -2.54. The topological polar surface area (TPSA) is 3.24 Å². The van der Waals surface area contributed by atoms with E-state index in [1.165, 1.54) is 102 Å². The molecule has 4 saturated carbocycles. The summed E-state index contributed by atoms with van der Waals surface area (Å²) in [6.07, 6.45) is 7.33. The number of hydrogen-bond donors (Lipinski definition) is 0. The third kappa shape index (κ3) is 3.68. The number of nitrogens with zero attached hydrogens (tertiary/aromatic N) is 1. The van der Waals surface area contributed by atoms with Crippen LogP contribution >= 0.6 is 11.3 Å². The number of hydrogen-bond acceptors (Lipinski definition) is 2. The first kappa shape index (κ1) is 29.3. The van der Waals surface area contributed by atoms with E-state index >= 15 is 0 Å². The van der Waals surface area contributed by atoms with Crippen molar-refractivity contribution in [3.63, 3.8) is 0 Å². The Morgan fingerprint density at radius 3 is 2.19 bits per heavy atom. The molecule has 3 bridgehead atoms. The molecular weight excluding hydrogens is 659 g/mol. The fraction of sp³-hybridized carbons (Fsp3) is 0.216. The largest absolute Gasteiger partial charge is 0.310 e. The molecule has 0 aliphatic heterocycles. The van der Waals surface area contributed by atoms with Crippen molar-refractivity contribution in [2.45, 2.75) is 37.5 Å². The number of thiophene rings is 1. The van der Waals surface area contributed by atoms with Crippen LogP contribution in [0.4, 0.5) is 17.1 Å². The predicted octanol–water partition coefficient (Wildman–Crippen LogP) is 14.1. The standard InChI is InChI=1S/C51H39NS/c1-2-10-39-33(8-1)9-7-14-46(39)52(37-19-16-32(17-20-37)34-18-22-42-41-12-4-6-15-47(41)53-48(42)26-34)38-21-23-45-43(28-38)40-11-3-5-13-44(40)51(45)36-25-31-24-35-27-49(51)50(35,29-31)30-36/h1-23,26,28,31,35-36,49H,24-25,27,29-30H2. The van der Waals surface area contributed by atoms with Gasteiger partial charge in [-0.2, -0.15) is 0 Å². The fourth-order valence-corrected chi connectivity index (χ4v) is 14.3. The van der Waals surface area contributed by atoms with Crippen LogP contribution in [0.1, 0.15) is 43.2 Å². The Kier molecular flexibility index (Phi) is 5.68. The molecule has 13 rings (SSSR count). The highest BCUT2D eigenvalue weighted by Crippen LogP contribution is 2.83. The van der Waals surface area contributed by atoms with Crippen molar-refractivity contribution in [3.05, 3.63) is 163 Å². The van der Waals surface area contributed by atoms with Crippen LogP contribution in [-0.2, 0) is 5.41 Å². The van der Waals surface area contributed by atoms with Gasteiger partial charge in [0.2, 0.25) is 0 Å². The molecule has 2 heteroatoms. The van der Waals surface area contributed by atoms with Crippen LogP contribution in [0.2, 0.25) is 0 Å². The maximum absolute atomic E-state index is 2.58. The van der Waals surface area contributed by atoms with Crippen molar-refractivity contribution in [2.24, 2.45) is 29.1 Å². The van der Waals surface area contributed by atoms with E-state index in [1.807, 2.05) is 11.3 Å². The van der Waals surface area contributed by atoms with Crippen LogP contribution in [0.25, 0.3) is 53.2 Å². The molecule has 7 aromatic carbocycles. The molecule has 0 saturated heterocycles. The minimum absolute atomic E-state index is 0.192. The third-order valence-electron chi connectivity index (χ3n) is 15.0. The van der Waals surface area contributed by atoms with Crippen LogP contribution in [0.15, 0.2) is 152 Å². The van der Waals surface area contributed by atoms with Gasteiger partial charge in [-0.05, 0) is 142 Å². The second-order valence-electron chi connectivity index (χ2n) is 17.0. The summed E-state index contributed by atoms with van der Waals surface area (Å²) in [6.45, 7) is 0. The van der Waals surface area contributed by atoms with Crippen LogP contribution in [-0.4, -0.2) is 0 Å². The molecule has 5 aliphatic rings. The number of rotatable bonds is 4. The van der Waals surface area contributed by atoms with Gasteiger partial charge < -0.3 is 4.90 Å². The average Bonchev–Trinajstić information content (AvgIpc) is 3.83. The first-order valence-electron chi connectivity index (χ1n) is 19.7. The first-order valence-corrected chi connectivity index (χ1v) is 20.5. The molecule has 1 aromatic heterocycles. The highest BCUT2D eigenvalue weighted by atomic mass is 32.1. The maximum Gasteiger partial charge on any atom is 0.0540 e. The van der Waals surface area contributed by atoms with Crippen molar-refractivity contribution in [2.75, 3.05) is 4.90 Å². The molecule has 1 heterocycles. The Bertz CT molecular complexity index is 2820. The van der Waals surface area contributed by atoms with Crippen molar-refractivity contribution in [3.8, 4) is 22.3 Å². The lowest BCUT2D eigenvalue weighted by Crippen LogP contribution is -2.50. The van der Waals surface area contributed by atoms with Crippen LogP contribution in [0, 0.1) is 29.1 Å². The van der Waals surface area contributed by atoms with Gasteiger partial charge in [0.1, 0.15) is 0 Å². The SMILES string of the molecule is c1ccc2c(c1)-c1cc(N(c3ccc(-c4ccc5c(c4)sc4ccccc45)cc3)c3cccc4ccccc34)ccc1C21C2CC3CC4CC1C4(C3)C2. The molecule has 5 aliphatic carbocycles. The number of anilines is 3. The van der Waals surface area contributed by atoms with Gasteiger partial charge in [0.05, 0.1) is 5.69 Å². The summed E-state index contributed by atoms with van der Waals surface area (Å²) in [5, 5.41) is 5.23. The van der Waals surface area contributed by atoms with Crippen molar-refractivity contribution >= 4 is 59.3 Å². The zero-order chi connectivity index (χ0) is 34.5. The summed E-state index contributed by atoms with van der Waals surface area (Å²) in [5.74, 6) is 3.52. The smallest absolute Gasteiger partial charge is 0.0540 e. The molecule has 8 aromatic rings. The fourth-order valence-electron chi connectivity index (χ4n) is 13.2. The molecular formula is C51H39NS. The lowest BCUT2D eigenvalue weighted by atomic mass is 9.49. The molecule has 0 N–H and O–H groups in total. The Labute approximate surface area is 314 Å². The van der Waals surface area contributed by atoms with Crippen LogP contribution in [0.3, 0.4) is 0 Å². The summed E-state index contributed by atoms with van der Waals surface area (Å²) in [6, 6.07) is 57.8. The second kappa shape index (κ2) is 10.3. The van der Waals surface area contributed by atoms with E-state index in [0.29, 0.717) is 5.41 Å². The van der Waals surface area contributed by atoms with Crippen molar-refractivity contribution in [1.29, 1.82) is 0 Å². The normalized spacial score (nSPS) is 27.0.